The molecule has 0 aliphatic heterocycles. The van der Waals surface area contributed by atoms with Gasteiger partial charge in [-0.3, -0.25) is 9.59 Å². The van der Waals surface area contributed by atoms with Gasteiger partial charge in [-0.15, -0.1) is 0 Å². The van der Waals surface area contributed by atoms with Gasteiger partial charge in [-0.2, -0.15) is 0 Å². The van der Waals surface area contributed by atoms with Crippen LogP contribution < -0.4 is 5.32 Å². The Labute approximate surface area is 176 Å². The number of hydrogen-bond acceptors (Lipinski definition) is 4. The van der Waals surface area contributed by atoms with Crippen molar-refractivity contribution in [1.29, 1.82) is 0 Å². The van der Waals surface area contributed by atoms with Gasteiger partial charge in [-0.1, -0.05) is 76.6 Å². The molecule has 0 bridgehead atoms. The number of aliphatic carboxylic acids is 1. The van der Waals surface area contributed by atoms with Crippen molar-refractivity contribution in [1.82, 2.24) is 5.32 Å². The van der Waals surface area contributed by atoms with E-state index in [1.807, 2.05) is 6.92 Å². The summed E-state index contributed by atoms with van der Waals surface area (Å²) in [4.78, 5) is 23.0. The van der Waals surface area contributed by atoms with Gasteiger partial charge in [0.15, 0.2) is 5.92 Å². The number of nitrogens with one attached hydrogen (secondary N) is 1. The summed E-state index contributed by atoms with van der Waals surface area (Å²) in [7, 11) is 1.22. The Morgan fingerprint density at radius 2 is 1.55 bits per heavy atom. The first-order valence-electron chi connectivity index (χ1n) is 11.1. The second-order valence-electron chi connectivity index (χ2n) is 7.82. The SMILES string of the molecule is CCCCCCCCCc1ccc(CNC(CC)CC(C(=O)O)C(=O)OC)cc1. The predicted molar refractivity (Wildman–Crippen MR) is 117 cm³/mol. The Bertz CT molecular complexity index is 585. The van der Waals surface area contributed by atoms with Gasteiger partial charge in [0.2, 0.25) is 0 Å². The number of aryl methyl sites for hydroxylation is 1. The summed E-state index contributed by atoms with van der Waals surface area (Å²) in [5.74, 6) is -2.94. The van der Waals surface area contributed by atoms with Gasteiger partial charge >= 0.3 is 11.9 Å². The molecule has 5 heteroatoms. The van der Waals surface area contributed by atoms with Gasteiger partial charge in [-0.25, -0.2) is 0 Å². The third-order valence-corrected chi connectivity index (χ3v) is 5.48. The van der Waals surface area contributed by atoms with Crippen molar-refractivity contribution in [3.63, 3.8) is 0 Å². The molecular formula is C24H39NO4. The van der Waals surface area contributed by atoms with Crippen LogP contribution in [0.5, 0.6) is 0 Å². The van der Waals surface area contributed by atoms with Crippen molar-refractivity contribution < 1.29 is 19.4 Å². The maximum atomic E-state index is 11.7. The van der Waals surface area contributed by atoms with Crippen molar-refractivity contribution in [2.75, 3.05) is 7.11 Å². The maximum absolute atomic E-state index is 11.7. The van der Waals surface area contributed by atoms with Crippen molar-refractivity contribution in [2.24, 2.45) is 5.92 Å². The van der Waals surface area contributed by atoms with Gasteiger partial charge in [-0.05, 0) is 36.8 Å². The molecule has 2 atom stereocenters. The summed E-state index contributed by atoms with van der Waals surface area (Å²) in [5.41, 5.74) is 2.53. The van der Waals surface area contributed by atoms with Crippen LogP contribution in [0.3, 0.4) is 0 Å². The molecule has 164 valence electrons. The first-order valence-corrected chi connectivity index (χ1v) is 11.1. The van der Waals surface area contributed by atoms with Crippen LogP contribution in [0.2, 0.25) is 0 Å². The lowest BCUT2D eigenvalue weighted by molar-refractivity contribution is -0.157. The standard InChI is InChI=1S/C24H39NO4/c1-4-6-7-8-9-10-11-12-19-13-15-20(16-14-19)18-25-21(5-2)17-22(23(26)27)24(28)29-3/h13-16,21-22,25H,4-12,17-18H2,1-3H3,(H,26,27). The molecule has 0 aliphatic carbocycles. The van der Waals surface area contributed by atoms with Gasteiger partial charge in [0, 0.05) is 12.6 Å². The summed E-state index contributed by atoms with van der Waals surface area (Å²) >= 11 is 0. The third kappa shape index (κ3) is 10.5. The number of hydrogen-bond donors (Lipinski definition) is 2. The van der Waals surface area contributed by atoms with Crippen molar-refractivity contribution in [2.45, 2.75) is 90.6 Å². The summed E-state index contributed by atoms with van der Waals surface area (Å²) in [5, 5.41) is 12.6. The van der Waals surface area contributed by atoms with Gasteiger partial charge in [0.1, 0.15) is 0 Å². The molecule has 2 N–H and O–H groups in total. The van der Waals surface area contributed by atoms with Crippen LogP contribution in [0, 0.1) is 5.92 Å². The largest absolute Gasteiger partial charge is 0.481 e. The summed E-state index contributed by atoms with van der Waals surface area (Å²) in [6.45, 7) is 4.89. The van der Waals surface area contributed by atoms with Crippen LogP contribution >= 0.6 is 0 Å². The molecule has 2 unspecified atom stereocenters. The fraction of sp³-hybridized carbons (Fsp3) is 0.667. The molecule has 0 saturated carbocycles. The van der Waals surface area contributed by atoms with E-state index >= 15 is 0 Å². The molecule has 0 aliphatic rings. The van der Waals surface area contributed by atoms with E-state index in [1.165, 1.54) is 57.6 Å². The molecule has 1 aromatic rings. The van der Waals surface area contributed by atoms with Gasteiger partial charge < -0.3 is 15.2 Å². The Kier molecular flexibility index (Phi) is 13.0. The number of carboxylic acid groups (broad SMARTS) is 1. The van der Waals surface area contributed by atoms with E-state index in [1.54, 1.807) is 0 Å². The molecule has 0 saturated heterocycles. The molecule has 0 radical (unpaired) electrons. The molecule has 0 fully saturated rings. The highest BCUT2D eigenvalue weighted by Crippen LogP contribution is 2.14. The smallest absolute Gasteiger partial charge is 0.320 e. The minimum Gasteiger partial charge on any atom is -0.481 e. The number of benzene rings is 1. The van der Waals surface area contributed by atoms with E-state index < -0.39 is 17.9 Å². The topological polar surface area (TPSA) is 75.6 Å². The molecule has 1 aromatic carbocycles. The lowest BCUT2D eigenvalue weighted by Gasteiger charge is -2.20. The van der Waals surface area contributed by atoms with Crippen molar-refractivity contribution in [3.05, 3.63) is 35.4 Å². The lowest BCUT2D eigenvalue weighted by Crippen LogP contribution is -2.35. The van der Waals surface area contributed by atoms with E-state index in [4.69, 9.17) is 0 Å². The molecule has 0 aromatic heterocycles. The number of unbranched alkanes of at least 4 members (excludes halogenated alkanes) is 6. The number of carbonyl (C=O) groups excluding carboxylic acids is 1. The fourth-order valence-electron chi connectivity index (χ4n) is 3.49. The second kappa shape index (κ2) is 15.0. The fourth-order valence-corrected chi connectivity index (χ4v) is 3.49. The summed E-state index contributed by atoms with van der Waals surface area (Å²) < 4.78 is 4.61. The van der Waals surface area contributed by atoms with Gasteiger partial charge in [0.25, 0.3) is 0 Å². The Morgan fingerprint density at radius 1 is 0.966 bits per heavy atom. The van der Waals surface area contributed by atoms with E-state index in [9.17, 15) is 14.7 Å². The monoisotopic (exact) mass is 405 g/mol. The highest BCUT2D eigenvalue weighted by molar-refractivity contribution is 5.93. The molecule has 0 spiro atoms. The number of esters is 1. The van der Waals surface area contributed by atoms with E-state index in [-0.39, 0.29) is 12.5 Å². The van der Waals surface area contributed by atoms with Crippen LogP contribution in [0.25, 0.3) is 0 Å². The van der Waals surface area contributed by atoms with E-state index in [0.29, 0.717) is 6.54 Å². The molecule has 1 rings (SSSR count). The van der Waals surface area contributed by atoms with Crippen LogP contribution in [-0.4, -0.2) is 30.2 Å². The van der Waals surface area contributed by atoms with Gasteiger partial charge in [0.05, 0.1) is 7.11 Å². The Morgan fingerprint density at radius 3 is 2.10 bits per heavy atom. The van der Waals surface area contributed by atoms with E-state index in [0.717, 1.165) is 18.4 Å². The first kappa shape index (κ1) is 25.2. The second-order valence-corrected chi connectivity index (χ2v) is 7.82. The lowest BCUT2D eigenvalue weighted by atomic mass is 9.98. The van der Waals surface area contributed by atoms with Crippen molar-refractivity contribution in [3.8, 4) is 0 Å². The van der Waals surface area contributed by atoms with Crippen LogP contribution in [0.4, 0.5) is 0 Å². The molecular weight excluding hydrogens is 366 g/mol. The predicted octanol–water partition coefficient (Wildman–Crippen LogP) is 5.11. The average molecular weight is 406 g/mol. The maximum Gasteiger partial charge on any atom is 0.320 e. The average Bonchev–Trinajstić information content (AvgIpc) is 2.73. The molecule has 0 amide bonds. The number of rotatable bonds is 16. The third-order valence-electron chi connectivity index (χ3n) is 5.48. The molecule has 5 nitrogen and oxygen atoms in total. The van der Waals surface area contributed by atoms with Crippen LogP contribution in [-0.2, 0) is 27.3 Å². The zero-order chi connectivity index (χ0) is 21.5. The molecule has 0 heterocycles. The minimum atomic E-state index is -1.13. The number of ether oxygens (including phenoxy) is 1. The quantitative estimate of drug-likeness (QED) is 0.227. The van der Waals surface area contributed by atoms with E-state index in [2.05, 4.69) is 41.2 Å². The van der Waals surface area contributed by atoms with Crippen LogP contribution in [0.1, 0.15) is 82.8 Å². The first-order chi connectivity index (χ1) is 14.0. The highest BCUT2D eigenvalue weighted by Gasteiger charge is 2.29. The Balaban J connectivity index is 2.37. The normalized spacial score (nSPS) is 13.1. The Hall–Kier alpha value is -1.88. The number of carboxylic acids is 1. The number of methoxy groups -OCH3 is 1. The minimum absolute atomic E-state index is 0.0532. The zero-order valence-corrected chi connectivity index (χ0v) is 18.4. The zero-order valence-electron chi connectivity index (χ0n) is 18.4. The number of carbonyl (C=O) groups is 2. The summed E-state index contributed by atoms with van der Waals surface area (Å²) in [6.07, 6.45) is 11.4. The summed E-state index contributed by atoms with van der Waals surface area (Å²) in [6, 6.07) is 8.58. The molecule has 29 heavy (non-hydrogen) atoms. The van der Waals surface area contributed by atoms with Crippen LogP contribution in [0.15, 0.2) is 24.3 Å². The highest BCUT2D eigenvalue weighted by atomic mass is 16.5. The van der Waals surface area contributed by atoms with Crippen molar-refractivity contribution >= 4 is 11.9 Å².